The fourth-order valence-electron chi connectivity index (χ4n) is 3.51. The second-order valence-corrected chi connectivity index (χ2v) is 6.29. The van der Waals surface area contributed by atoms with Crippen LogP contribution >= 0.6 is 0 Å². The number of carbonyl (C=O) groups is 1. The molecule has 1 fully saturated rings. The van der Waals surface area contributed by atoms with Crippen molar-refractivity contribution >= 4 is 5.97 Å². The molecular formula is C20H27NO3. The lowest BCUT2D eigenvalue weighted by atomic mass is 9.74. The Morgan fingerprint density at radius 1 is 1.46 bits per heavy atom. The van der Waals surface area contributed by atoms with E-state index in [0.29, 0.717) is 12.8 Å². The van der Waals surface area contributed by atoms with E-state index in [4.69, 9.17) is 4.74 Å². The fourth-order valence-corrected chi connectivity index (χ4v) is 3.51. The van der Waals surface area contributed by atoms with Crippen LogP contribution < -0.4 is 0 Å². The van der Waals surface area contributed by atoms with Gasteiger partial charge >= 0.3 is 5.97 Å². The number of benzene rings is 1. The molecule has 0 radical (unpaired) electrons. The first kappa shape index (κ1) is 18.3. The summed E-state index contributed by atoms with van der Waals surface area (Å²) in [4.78, 5) is 14.5. The molecule has 0 amide bonds. The lowest BCUT2D eigenvalue weighted by Crippen LogP contribution is -2.52. The molecule has 1 aromatic rings. The van der Waals surface area contributed by atoms with E-state index < -0.39 is 5.60 Å². The summed E-state index contributed by atoms with van der Waals surface area (Å²) in [7, 11) is 0. The van der Waals surface area contributed by atoms with Crippen LogP contribution in [-0.4, -0.2) is 35.6 Å². The number of hydrogen-bond acceptors (Lipinski definition) is 4. The van der Waals surface area contributed by atoms with Crippen LogP contribution in [0.2, 0.25) is 0 Å². The average Bonchev–Trinajstić information content (AvgIpc) is 2.57. The van der Waals surface area contributed by atoms with Gasteiger partial charge in [0.1, 0.15) is 11.4 Å². The van der Waals surface area contributed by atoms with Gasteiger partial charge < -0.3 is 9.84 Å². The third kappa shape index (κ3) is 3.88. The minimum absolute atomic E-state index is 0.0843. The summed E-state index contributed by atoms with van der Waals surface area (Å²) in [6.45, 7) is 11.9. The number of aromatic hydroxyl groups is 1. The van der Waals surface area contributed by atoms with Gasteiger partial charge in [0.2, 0.25) is 0 Å². The van der Waals surface area contributed by atoms with Gasteiger partial charge in [-0.2, -0.15) is 0 Å². The maximum absolute atomic E-state index is 12.2. The van der Waals surface area contributed by atoms with Crippen LogP contribution in [0.3, 0.4) is 0 Å². The number of nitrogens with zero attached hydrogens (tertiary/aromatic N) is 1. The molecule has 1 N–H and O–H groups in total. The first-order chi connectivity index (χ1) is 11.6. The molecule has 2 atom stereocenters. The first-order valence-corrected chi connectivity index (χ1v) is 8.51. The monoisotopic (exact) mass is 329 g/mol. The number of piperidine rings is 1. The van der Waals surface area contributed by atoms with Crippen molar-refractivity contribution in [3.05, 3.63) is 55.1 Å². The van der Waals surface area contributed by atoms with Gasteiger partial charge in [-0.3, -0.25) is 9.69 Å². The molecule has 130 valence electrons. The highest BCUT2D eigenvalue weighted by molar-refractivity contribution is 5.69. The summed E-state index contributed by atoms with van der Waals surface area (Å²) in [6.07, 6.45) is 5.52. The van der Waals surface area contributed by atoms with Gasteiger partial charge in [-0.25, -0.2) is 0 Å². The molecule has 2 rings (SSSR count). The Labute approximate surface area is 144 Å². The molecule has 1 aliphatic heterocycles. The smallest absolute Gasteiger partial charge is 0.306 e. The van der Waals surface area contributed by atoms with Gasteiger partial charge in [0, 0.05) is 38.4 Å². The van der Waals surface area contributed by atoms with Gasteiger partial charge in [-0.1, -0.05) is 31.2 Å². The van der Waals surface area contributed by atoms with Gasteiger partial charge in [-0.05, 0) is 24.1 Å². The van der Waals surface area contributed by atoms with E-state index >= 15 is 0 Å². The van der Waals surface area contributed by atoms with Crippen LogP contribution in [0.15, 0.2) is 49.6 Å². The summed E-state index contributed by atoms with van der Waals surface area (Å²) in [5.74, 6) is 0.0517. The minimum Gasteiger partial charge on any atom is -0.508 e. The molecule has 1 heterocycles. The first-order valence-electron chi connectivity index (χ1n) is 8.51. The van der Waals surface area contributed by atoms with Crippen molar-refractivity contribution in [3.8, 4) is 5.75 Å². The molecule has 0 saturated carbocycles. The summed E-state index contributed by atoms with van der Waals surface area (Å²) >= 11 is 0. The molecule has 4 nitrogen and oxygen atoms in total. The fraction of sp³-hybridized carbons (Fsp3) is 0.450. The quantitative estimate of drug-likeness (QED) is 0.613. The van der Waals surface area contributed by atoms with Crippen molar-refractivity contribution in [3.63, 3.8) is 0 Å². The summed E-state index contributed by atoms with van der Waals surface area (Å²) in [6, 6.07) is 7.07. The van der Waals surface area contributed by atoms with Crippen molar-refractivity contribution in [1.29, 1.82) is 0 Å². The second-order valence-electron chi connectivity index (χ2n) is 6.29. The minimum atomic E-state index is -0.725. The number of phenolic OH excluding ortho intramolecular Hbond substituents is 1. The number of allylic oxidation sites excluding steroid dienone is 1. The van der Waals surface area contributed by atoms with Gasteiger partial charge in [0.25, 0.3) is 0 Å². The van der Waals surface area contributed by atoms with Crippen LogP contribution in [0.1, 0.15) is 31.7 Å². The highest BCUT2D eigenvalue weighted by Crippen LogP contribution is 2.44. The molecule has 0 aromatic heterocycles. The van der Waals surface area contributed by atoms with Gasteiger partial charge in [-0.15, -0.1) is 13.2 Å². The maximum Gasteiger partial charge on any atom is 0.306 e. The largest absolute Gasteiger partial charge is 0.508 e. The number of likely N-dealkylation sites (tertiary alicyclic amines) is 1. The van der Waals surface area contributed by atoms with Gasteiger partial charge in [0.05, 0.1) is 0 Å². The third-order valence-corrected chi connectivity index (χ3v) is 4.70. The molecule has 1 aliphatic rings. The molecule has 0 bridgehead atoms. The van der Waals surface area contributed by atoms with E-state index in [2.05, 4.69) is 18.1 Å². The van der Waals surface area contributed by atoms with Crippen LogP contribution in [-0.2, 0) is 15.1 Å². The zero-order chi connectivity index (χ0) is 17.6. The predicted octanol–water partition coefficient (Wildman–Crippen LogP) is 3.62. The Balaban J connectivity index is 2.44. The molecule has 1 saturated heterocycles. The highest BCUT2D eigenvalue weighted by atomic mass is 16.6. The molecule has 24 heavy (non-hydrogen) atoms. The second kappa shape index (κ2) is 8.15. The number of rotatable bonds is 7. The Kier molecular flexibility index (Phi) is 6.21. The van der Waals surface area contributed by atoms with E-state index in [0.717, 1.165) is 31.6 Å². The molecule has 0 unspecified atom stereocenters. The Morgan fingerprint density at radius 2 is 2.25 bits per heavy atom. The van der Waals surface area contributed by atoms with Crippen LogP contribution in [0.4, 0.5) is 0 Å². The lowest BCUT2D eigenvalue weighted by molar-refractivity contribution is -0.176. The SMILES string of the molecule is C=CC[C@H]1CN(CC=C)CC[C@@]1(OC(=O)CC)c1cccc(O)c1. The van der Waals surface area contributed by atoms with Crippen LogP contribution in [0.5, 0.6) is 5.75 Å². The van der Waals surface area contributed by atoms with E-state index in [-0.39, 0.29) is 17.6 Å². The number of phenols is 1. The number of esters is 1. The molecule has 4 heteroatoms. The van der Waals surface area contributed by atoms with Crippen molar-refractivity contribution in [2.24, 2.45) is 5.92 Å². The number of ether oxygens (including phenoxy) is 1. The Hall–Kier alpha value is -2.07. The Bertz CT molecular complexity index is 598. The van der Waals surface area contributed by atoms with Crippen molar-refractivity contribution in [2.75, 3.05) is 19.6 Å². The standard InChI is InChI=1S/C20H27NO3/c1-4-8-17-15-21(12-5-2)13-11-20(17,24-19(23)6-3)16-9-7-10-18(22)14-16/h4-5,7,9-10,14,17,22H,1-2,6,8,11-13,15H2,3H3/t17-,20+/m0/s1. The van der Waals surface area contributed by atoms with Crippen molar-refractivity contribution in [1.82, 2.24) is 4.90 Å². The predicted molar refractivity (Wildman–Crippen MR) is 95.7 cm³/mol. The maximum atomic E-state index is 12.2. The number of hydrogen-bond donors (Lipinski definition) is 1. The molecular weight excluding hydrogens is 302 g/mol. The zero-order valence-corrected chi connectivity index (χ0v) is 14.4. The van der Waals surface area contributed by atoms with Crippen molar-refractivity contribution in [2.45, 2.75) is 31.8 Å². The summed E-state index contributed by atoms with van der Waals surface area (Å²) in [5.41, 5.74) is 0.131. The van der Waals surface area contributed by atoms with E-state index in [1.165, 1.54) is 0 Å². The van der Waals surface area contributed by atoms with Crippen molar-refractivity contribution < 1.29 is 14.6 Å². The van der Waals surface area contributed by atoms with E-state index in [9.17, 15) is 9.90 Å². The Morgan fingerprint density at radius 3 is 2.88 bits per heavy atom. The van der Waals surface area contributed by atoms with Gasteiger partial charge in [0.15, 0.2) is 0 Å². The molecule has 0 aliphatic carbocycles. The zero-order valence-electron chi connectivity index (χ0n) is 14.4. The van der Waals surface area contributed by atoms with Crippen LogP contribution in [0.25, 0.3) is 0 Å². The number of carbonyl (C=O) groups excluding carboxylic acids is 1. The lowest BCUT2D eigenvalue weighted by Gasteiger charge is -2.47. The highest BCUT2D eigenvalue weighted by Gasteiger charge is 2.46. The molecule has 0 spiro atoms. The van der Waals surface area contributed by atoms with E-state index in [1.54, 1.807) is 25.1 Å². The van der Waals surface area contributed by atoms with Crippen LogP contribution in [0, 0.1) is 5.92 Å². The topological polar surface area (TPSA) is 49.8 Å². The third-order valence-electron chi connectivity index (χ3n) is 4.70. The average molecular weight is 329 g/mol. The normalized spacial score (nSPS) is 24.3. The van der Waals surface area contributed by atoms with E-state index in [1.807, 2.05) is 18.2 Å². The molecule has 1 aromatic carbocycles. The summed E-state index contributed by atoms with van der Waals surface area (Å²) < 4.78 is 6.01. The summed E-state index contributed by atoms with van der Waals surface area (Å²) in [5, 5.41) is 9.92.